The van der Waals surface area contributed by atoms with Crippen molar-refractivity contribution in [1.82, 2.24) is 0 Å². The second-order valence-corrected chi connectivity index (χ2v) is 11.2. The van der Waals surface area contributed by atoms with Crippen LogP contribution < -0.4 is 0 Å². The fourth-order valence-electron chi connectivity index (χ4n) is 1.01. The van der Waals surface area contributed by atoms with Crippen molar-refractivity contribution in [3.05, 3.63) is 0 Å². The van der Waals surface area contributed by atoms with E-state index in [0.717, 1.165) is 0 Å². The SMILES string of the molecule is CC(C)(O[Si](C)(C)C(C)(C)C)C(=O)CBr. The second kappa shape index (κ2) is 4.68. The minimum absolute atomic E-state index is 0.104. The summed E-state index contributed by atoms with van der Waals surface area (Å²) in [7, 11) is -1.86. The molecule has 0 aliphatic carbocycles. The van der Waals surface area contributed by atoms with Gasteiger partial charge in [-0.3, -0.25) is 4.79 Å². The lowest BCUT2D eigenvalue weighted by Gasteiger charge is -2.41. The summed E-state index contributed by atoms with van der Waals surface area (Å²) in [5, 5.41) is 0.492. The molecule has 0 saturated carbocycles. The van der Waals surface area contributed by atoms with Gasteiger partial charge in [0.25, 0.3) is 0 Å². The predicted octanol–water partition coefficient (Wildman–Crippen LogP) is 3.75. The molecule has 0 amide bonds. The zero-order valence-corrected chi connectivity index (χ0v) is 13.5. The van der Waals surface area contributed by atoms with Gasteiger partial charge >= 0.3 is 0 Å². The third-order valence-electron chi connectivity index (χ3n) is 3.11. The Hall–Kier alpha value is 0.327. The van der Waals surface area contributed by atoms with Crippen LogP contribution in [0.1, 0.15) is 34.6 Å². The maximum atomic E-state index is 11.7. The van der Waals surface area contributed by atoms with E-state index in [1.807, 2.05) is 13.8 Å². The molecule has 0 unspecified atom stereocenters. The molecule has 0 saturated heterocycles. The highest BCUT2D eigenvalue weighted by atomic mass is 79.9. The quantitative estimate of drug-likeness (QED) is 0.583. The average molecular weight is 295 g/mol. The van der Waals surface area contributed by atoms with Gasteiger partial charge in [-0.2, -0.15) is 0 Å². The highest BCUT2D eigenvalue weighted by molar-refractivity contribution is 9.09. The molecule has 15 heavy (non-hydrogen) atoms. The minimum Gasteiger partial charge on any atom is -0.405 e. The summed E-state index contributed by atoms with van der Waals surface area (Å²) < 4.78 is 6.10. The number of hydrogen-bond donors (Lipinski definition) is 0. The molecule has 0 fully saturated rings. The van der Waals surface area contributed by atoms with Crippen molar-refractivity contribution in [1.29, 1.82) is 0 Å². The highest BCUT2D eigenvalue weighted by Gasteiger charge is 2.43. The first-order chi connectivity index (χ1) is 6.44. The molecule has 0 N–H and O–H groups in total. The van der Waals surface area contributed by atoms with Crippen LogP contribution in [-0.4, -0.2) is 25.0 Å². The number of hydrogen-bond acceptors (Lipinski definition) is 2. The van der Waals surface area contributed by atoms with Gasteiger partial charge in [0.1, 0.15) is 5.60 Å². The van der Waals surface area contributed by atoms with E-state index < -0.39 is 13.9 Å². The summed E-state index contributed by atoms with van der Waals surface area (Å²) in [4.78, 5) is 11.7. The Bertz CT molecular complexity index is 241. The molecule has 0 atom stereocenters. The topological polar surface area (TPSA) is 26.3 Å². The highest BCUT2D eigenvalue weighted by Crippen LogP contribution is 2.39. The van der Waals surface area contributed by atoms with Crippen molar-refractivity contribution in [3.8, 4) is 0 Å². The van der Waals surface area contributed by atoms with Crippen LogP contribution in [0, 0.1) is 0 Å². The van der Waals surface area contributed by atoms with Crippen LogP contribution >= 0.6 is 15.9 Å². The number of carbonyl (C=O) groups is 1. The third-order valence-corrected chi connectivity index (χ3v) is 8.25. The number of Topliss-reactive ketones (excluding diaryl/α,β-unsaturated/α-hetero) is 1. The molecule has 2 nitrogen and oxygen atoms in total. The molecule has 0 bridgehead atoms. The van der Waals surface area contributed by atoms with Crippen molar-refractivity contribution in [3.63, 3.8) is 0 Å². The number of alkyl halides is 1. The van der Waals surface area contributed by atoms with Crippen molar-refractivity contribution in [2.45, 2.75) is 58.4 Å². The van der Waals surface area contributed by atoms with Crippen LogP contribution in [0.3, 0.4) is 0 Å². The summed E-state index contributed by atoms with van der Waals surface area (Å²) in [6, 6.07) is 0. The molecule has 90 valence electrons. The van der Waals surface area contributed by atoms with Gasteiger partial charge < -0.3 is 4.43 Å². The Morgan fingerprint density at radius 2 is 1.60 bits per heavy atom. The van der Waals surface area contributed by atoms with Gasteiger partial charge in [-0.15, -0.1) is 0 Å². The van der Waals surface area contributed by atoms with E-state index in [2.05, 4.69) is 49.8 Å². The smallest absolute Gasteiger partial charge is 0.193 e. The first kappa shape index (κ1) is 15.3. The molecule has 4 heteroatoms. The largest absolute Gasteiger partial charge is 0.405 e. The first-order valence-electron chi connectivity index (χ1n) is 5.23. The van der Waals surface area contributed by atoms with Crippen LogP contribution in [0.15, 0.2) is 0 Å². The number of rotatable bonds is 4. The van der Waals surface area contributed by atoms with Crippen LogP contribution in [0.4, 0.5) is 0 Å². The monoisotopic (exact) mass is 294 g/mol. The zero-order chi connectivity index (χ0) is 12.5. The fraction of sp³-hybridized carbons (Fsp3) is 0.909. The molecule has 0 rings (SSSR count). The van der Waals surface area contributed by atoms with E-state index >= 15 is 0 Å². The Morgan fingerprint density at radius 1 is 1.20 bits per heavy atom. The Labute approximate surface area is 103 Å². The lowest BCUT2D eigenvalue weighted by atomic mass is 10.1. The molecule has 0 aromatic rings. The predicted molar refractivity (Wildman–Crippen MR) is 71.2 cm³/mol. The summed E-state index contributed by atoms with van der Waals surface area (Å²) in [5.41, 5.74) is -0.674. The lowest BCUT2D eigenvalue weighted by molar-refractivity contribution is -0.129. The number of halogens is 1. The van der Waals surface area contributed by atoms with Gasteiger partial charge in [-0.05, 0) is 32.0 Å². The second-order valence-electron chi connectivity index (χ2n) is 5.93. The van der Waals surface area contributed by atoms with E-state index in [-0.39, 0.29) is 10.8 Å². The first-order valence-corrected chi connectivity index (χ1v) is 9.26. The Balaban J connectivity index is 4.80. The van der Waals surface area contributed by atoms with E-state index in [4.69, 9.17) is 4.43 Å². The molecule has 0 aromatic carbocycles. The maximum Gasteiger partial charge on any atom is 0.193 e. The lowest BCUT2D eigenvalue weighted by Crippen LogP contribution is -2.51. The maximum absolute atomic E-state index is 11.7. The molecule has 0 spiro atoms. The van der Waals surface area contributed by atoms with Crippen molar-refractivity contribution >= 4 is 30.0 Å². The molecular formula is C11H23BrO2Si. The van der Waals surface area contributed by atoms with Crippen molar-refractivity contribution in [2.24, 2.45) is 0 Å². The Kier molecular flexibility index (Phi) is 4.78. The summed E-state index contributed by atoms with van der Waals surface area (Å²) in [5.74, 6) is 0.104. The fourth-order valence-corrected chi connectivity index (χ4v) is 3.38. The molecule has 0 aromatic heterocycles. The molecular weight excluding hydrogens is 272 g/mol. The summed E-state index contributed by atoms with van der Waals surface area (Å²) in [6.45, 7) is 14.6. The average Bonchev–Trinajstić information content (AvgIpc) is 1.98. The van der Waals surface area contributed by atoms with Crippen LogP contribution in [0.5, 0.6) is 0 Å². The van der Waals surface area contributed by atoms with Gasteiger partial charge in [0.15, 0.2) is 14.1 Å². The van der Waals surface area contributed by atoms with E-state index in [9.17, 15) is 4.79 Å². The third kappa shape index (κ3) is 4.00. The van der Waals surface area contributed by atoms with Crippen molar-refractivity contribution in [2.75, 3.05) is 5.33 Å². The van der Waals surface area contributed by atoms with Gasteiger partial charge in [0.2, 0.25) is 0 Å². The minimum atomic E-state index is -1.86. The van der Waals surface area contributed by atoms with Crippen LogP contribution in [0.2, 0.25) is 18.1 Å². The summed E-state index contributed by atoms with van der Waals surface area (Å²) in [6.07, 6.45) is 0. The van der Waals surface area contributed by atoms with Gasteiger partial charge in [-0.25, -0.2) is 0 Å². The standard InChI is InChI=1S/C11H23BrO2Si/c1-10(2,3)15(6,7)14-11(4,5)9(13)8-12/h8H2,1-7H3. The molecule has 0 aliphatic heterocycles. The number of carbonyl (C=O) groups excluding carboxylic acids is 1. The van der Waals surface area contributed by atoms with Gasteiger partial charge in [-0.1, -0.05) is 36.7 Å². The van der Waals surface area contributed by atoms with E-state index in [1.54, 1.807) is 0 Å². The van der Waals surface area contributed by atoms with Crippen LogP contribution in [-0.2, 0) is 9.22 Å². The molecule has 0 radical (unpaired) electrons. The Morgan fingerprint density at radius 3 is 1.87 bits per heavy atom. The van der Waals surface area contributed by atoms with Gasteiger partial charge in [0.05, 0.1) is 5.33 Å². The van der Waals surface area contributed by atoms with Crippen LogP contribution in [0.25, 0.3) is 0 Å². The van der Waals surface area contributed by atoms with E-state index in [1.165, 1.54) is 0 Å². The zero-order valence-electron chi connectivity index (χ0n) is 10.9. The number of ketones is 1. The summed E-state index contributed by atoms with van der Waals surface area (Å²) >= 11 is 3.19. The van der Waals surface area contributed by atoms with Gasteiger partial charge in [0, 0.05) is 0 Å². The molecule has 0 aliphatic rings. The molecule has 0 heterocycles. The normalized spacial score (nSPS) is 14.1. The van der Waals surface area contributed by atoms with Crippen molar-refractivity contribution < 1.29 is 9.22 Å². The van der Waals surface area contributed by atoms with E-state index in [0.29, 0.717) is 5.33 Å².